The van der Waals surface area contributed by atoms with Gasteiger partial charge in [-0.1, -0.05) is 0 Å². The monoisotopic (exact) mass is 244 g/mol. The summed E-state index contributed by atoms with van der Waals surface area (Å²) in [4.78, 5) is 2.39. The van der Waals surface area contributed by atoms with Gasteiger partial charge in [0.15, 0.2) is 6.29 Å². The molecule has 0 amide bonds. The normalized spacial score (nSPS) is 22.1. The van der Waals surface area contributed by atoms with Crippen LogP contribution in [-0.2, 0) is 9.47 Å². The first kappa shape index (κ1) is 14.9. The summed E-state index contributed by atoms with van der Waals surface area (Å²) in [6, 6.07) is 0.661. The van der Waals surface area contributed by atoms with Crippen LogP contribution in [0.2, 0.25) is 0 Å². The Bertz CT molecular complexity index is 176. The fourth-order valence-corrected chi connectivity index (χ4v) is 2.35. The Morgan fingerprint density at radius 1 is 1.18 bits per heavy atom. The predicted octanol–water partition coefficient (Wildman–Crippen LogP) is 1.46. The van der Waals surface area contributed by atoms with E-state index in [9.17, 15) is 0 Å². The van der Waals surface area contributed by atoms with Crippen molar-refractivity contribution in [2.45, 2.75) is 45.4 Å². The molecule has 1 saturated heterocycles. The number of rotatable bonds is 7. The lowest BCUT2D eigenvalue weighted by atomic mass is 10.1. The van der Waals surface area contributed by atoms with E-state index in [1.165, 1.54) is 19.3 Å². The number of likely N-dealkylation sites (N-methyl/N-ethyl adjacent to an activating group) is 1. The molecule has 102 valence electrons. The summed E-state index contributed by atoms with van der Waals surface area (Å²) in [5.74, 6) is 0. The molecule has 1 aliphatic rings. The van der Waals surface area contributed by atoms with Gasteiger partial charge in [-0.3, -0.25) is 4.90 Å². The van der Waals surface area contributed by atoms with Gasteiger partial charge >= 0.3 is 0 Å². The van der Waals surface area contributed by atoms with Crippen LogP contribution in [0, 0.1) is 0 Å². The maximum absolute atomic E-state index is 5.60. The average Bonchev–Trinajstić information content (AvgIpc) is 2.58. The second kappa shape index (κ2) is 8.86. The van der Waals surface area contributed by atoms with E-state index < -0.39 is 0 Å². The van der Waals surface area contributed by atoms with Crippen LogP contribution in [0.4, 0.5) is 0 Å². The van der Waals surface area contributed by atoms with Crippen LogP contribution in [-0.4, -0.2) is 57.1 Å². The number of ether oxygens (including phenoxy) is 2. The summed E-state index contributed by atoms with van der Waals surface area (Å²) >= 11 is 0. The molecule has 1 heterocycles. The summed E-state index contributed by atoms with van der Waals surface area (Å²) in [5.41, 5.74) is 0. The van der Waals surface area contributed by atoms with Crippen molar-refractivity contribution in [3.05, 3.63) is 0 Å². The highest BCUT2D eigenvalue weighted by Crippen LogP contribution is 2.13. The van der Waals surface area contributed by atoms with E-state index in [1.807, 2.05) is 13.8 Å². The molecule has 0 aliphatic carbocycles. The van der Waals surface area contributed by atoms with Crippen molar-refractivity contribution in [3.63, 3.8) is 0 Å². The number of nitrogens with one attached hydrogen (secondary N) is 1. The summed E-state index contributed by atoms with van der Waals surface area (Å²) < 4.78 is 11.2. The second-order valence-electron chi connectivity index (χ2n) is 4.61. The van der Waals surface area contributed by atoms with Crippen molar-refractivity contribution in [1.82, 2.24) is 10.2 Å². The Morgan fingerprint density at radius 3 is 2.53 bits per heavy atom. The van der Waals surface area contributed by atoms with Gasteiger partial charge in [-0.05, 0) is 53.2 Å². The van der Waals surface area contributed by atoms with Crippen LogP contribution in [0.25, 0.3) is 0 Å². The Labute approximate surface area is 106 Å². The van der Waals surface area contributed by atoms with E-state index in [4.69, 9.17) is 9.47 Å². The highest BCUT2D eigenvalue weighted by Gasteiger charge is 2.20. The van der Waals surface area contributed by atoms with Gasteiger partial charge in [0.25, 0.3) is 0 Å². The van der Waals surface area contributed by atoms with Crippen molar-refractivity contribution in [2.24, 2.45) is 0 Å². The zero-order chi connectivity index (χ0) is 12.5. The third kappa shape index (κ3) is 5.82. The Kier molecular flexibility index (Phi) is 7.77. The lowest BCUT2D eigenvalue weighted by Gasteiger charge is -2.30. The van der Waals surface area contributed by atoms with Crippen molar-refractivity contribution >= 4 is 0 Å². The Morgan fingerprint density at radius 2 is 1.88 bits per heavy atom. The van der Waals surface area contributed by atoms with E-state index in [1.54, 1.807) is 0 Å². The molecular weight excluding hydrogens is 216 g/mol. The number of nitrogens with zero attached hydrogens (tertiary/aromatic N) is 1. The topological polar surface area (TPSA) is 33.7 Å². The molecule has 17 heavy (non-hydrogen) atoms. The van der Waals surface area contributed by atoms with Crippen LogP contribution in [0.15, 0.2) is 0 Å². The third-order valence-electron chi connectivity index (χ3n) is 3.31. The summed E-state index contributed by atoms with van der Waals surface area (Å²) in [6.07, 6.45) is 3.69. The first-order valence-electron chi connectivity index (χ1n) is 6.92. The molecule has 1 atom stereocenters. The Hall–Kier alpha value is -0.160. The van der Waals surface area contributed by atoms with Gasteiger partial charge in [0.2, 0.25) is 0 Å². The minimum atomic E-state index is -0.0776. The van der Waals surface area contributed by atoms with Gasteiger partial charge in [-0.25, -0.2) is 0 Å². The van der Waals surface area contributed by atoms with Gasteiger partial charge in [0, 0.05) is 25.8 Å². The smallest absolute Gasteiger partial charge is 0.170 e. The minimum Gasteiger partial charge on any atom is -0.352 e. The molecule has 0 saturated carbocycles. The Balaban J connectivity index is 2.35. The lowest BCUT2D eigenvalue weighted by Crippen LogP contribution is -2.40. The molecule has 0 aromatic carbocycles. The lowest BCUT2D eigenvalue weighted by molar-refractivity contribution is -0.148. The van der Waals surface area contributed by atoms with E-state index in [0.717, 1.165) is 19.6 Å². The van der Waals surface area contributed by atoms with E-state index in [-0.39, 0.29) is 6.29 Å². The zero-order valence-corrected chi connectivity index (χ0v) is 11.6. The highest BCUT2D eigenvalue weighted by molar-refractivity contribution is 4.74. The SMILES string of the molecule is CCOC(CN(C)C1CCCNCC1)OCC. The molecule has 1 unspecified atom stereocenters. The molecular formula is C13H28N2O2. The minimum absolute atomic E-state index is 0.0776. The zero-order valence-electron chi connectivity index (χ0n) is 11.6. The van der Waals surface area contributed by atoms with E-state index in [2.05, 4.69) is 17.3 Å². The van der Waals surface area contributed by atoms with Crippen molar-refractivity contribution in [1.29, 1.82) is 0 Å². The quantitative estimate of drug-likeness (QED) is 0.688. The number of hydrogen-bond acceptors (Lipinski definition) is 4. The molecule has 0 bridgehead atoms. The van der Waals surface area contributed by atoms with Crippen LogP contribution < -0.4 is 5.32 Å². The molecule has 1 N–H and O–H groups in total. The van der Waals surface area contributed by atoms with E-state index >= 15 is 0 Å². The number of hydrogen-bond donors (Lipinski definition) is 1. The fraction of sp³-hybridized carbons (Fsp3) is 1.00. The molecule has 0 radical (unpaired) electrons. The molecule has 0 spiro atoms. The summed E-state index contributed by atoms with van der Waals surface area (Å²) in [7, 11) is 2.18. The molecule has 0 aromatic heterocycles. The van der Waals surface area contributed by atoms with Crippen LogP contribution >= 0.6 is 0 Å². The van der Waals surface area contributed by atoms with Gasteiger partial charge in [0.05, 0.1) is 0 Å². The van der Waals surface area contributed by atoms with Crippen LogP contribution in [0.3, 0.4) is 0 Å². The fourth-order valence-electron chi connectivity index (χ4n) is 2.35. The molecule has 4 heteroatoms. The molecule has 0 aromatic rings. The molecule has 1 fully saturated rings. The van der Waals surface area contributed by atoms with Crippen LogP contribution in [0.1, 0.15) is 33.1 Å². The van der Waals surface area contributed by atoms with Gasteiger partial charge in [-0.15, -0.1) is 0 Å². The first-order chi connectivity index (χ1) is 8.27. The highest BCUT2D eigenvalue weighted by atomic mass is 16.7. The molecule has 1 aliphatic heterocycles. The standard InChI is InChI=1S/C13H28N2O2/c1-4-16-13(17-5-2)11-15(3)12-7-6-9-14-10-8-12/h12-14H,4-11H2,1-3H3. The molecule has 1 rings (SSSR count). The maximum atomic E-state index is 5.60. The first-order valence-corrected chi connectivity index (χ1v) is 6.92. The van der Waals surface area contributed by atoms with Gasteiger partial charge in [0.1, 0.15) is 0 Å². The maximum Gasteiger partial charge on any atom is 0.170 e. The predicted molar refractivity (Wildman–Crippen MR) is 70.2 cm³/mol. The molecule has 4 nitrogen and oxygen atoms in total. The van der Waals surface area contributed by atoms with Crippen molar-refractivity contribution < 1.29 is 9.47 Å². The summed E-state index contributed by atoms with van der Waals surface area (Å²) in [5, 5.41) is 3.45. The van der Waals surface area contributed by atoms with Crippen molar-refractivity contribution in [2.75, 3.05) is 39.9 Å². The summed E-state index contributed by atoms with van der Waals surface area (Å²) in [6.45, 7) is 8.61. The average molecular weight is 244 g/mol. The van der Waals surface area contributed by atoms with Crippen LogP contribution in [0.5, 0.6) is 0 Å². The van der Waals surface area contributed by atoms with Gasteiger partial charge < -0.3 is 14.8 Å². The van der Waals surface area contributed by atoms with Gasteiger partial charge in [-0.2, -0.15) is 0 Å². The third-order valence-corrected chi connectivity index (χ3v) is 3.31. The van der Waals surface area contributed by atoms with E-state index in [0.29, 0.717) is 19.3 Å². The second-order valence-corrected chi connectivity index (χ2v) is 4.61. The van der Waals surface area contributed by atoms with Crippen molar-refractivity contribution in [3.8, 4) is 0 Å². The largest absolute Gasteiger partial charge is 0.352 e.